The fourth-order valence-electron chi connectivity index (χ4n) is 4.15. The molecular weight excluding hydrogens is 424 g/mol. The summed E-state index contributed by atoms with van der Waals surface area (Å²) in [5.41, 5.74) is -0.698. The molecule has 2 amide bonds. The number of hydrogen-bond acceptors (Lipinski definition) is 6. The lowest BCUT2D eigenvalue weighted by atomic mass is 9.88. The molecule has 0 radical (unpaired) electrons. The number of likely N-dealkylation sites (tertiary alicyclic amines) is 1. The Labute approximate surface area is 193 Å². The SMILES string of the molecule is CC(=O)OC[C@H](Cc1ccccc1)N1C(=O)[C@@H](NC(=O)OC(C)(C)C)CC12C=CC(=O)C=C2. The topological polar surface area (TPSA) is 102 Å². The molecule has 2 aliphatic rings. The van der Waals surface area contributed by atoms with Crippen molar-refractivity contribution >= 4 is 23.8 Å². The van der Waals surface area contributed by atoms with Gasteiger partial charge in [0.25, 0.3) is 0 Å². The molecule has 0 unspecified atom stereocenters. The number of amides is 2. The Morgan fingerprint density at radius 1 is 1.15 bits per heavy atom. The molecular formula is C25H30N2O6. The molecule has 0 bridgehead atoms. The molecule has 8 nitrogen and oxygen atoms in total. The number of nitrogens with zero attached hydrogens (tertiary/aromatic N) is 1. The zero-order chi connectivity index (χ0) is 24.2. The Morgan fingerprint density at radius 2 is 1.79 bits per heavy atom. The van der Waals surface area contributed by atoms with Gasteiger partial charge in [0.2, 0.25) is 5.91 Å². The van der Waals surface area contributed by atoms with Crippen LogP contribution < -0.4 is 5.32 Å². The van der Waals surface area contributed by atoms with Gasteiger partial charge in [-0.2, -0.15) is 0 Å². The van der Waals surface area contributed by atoms with E-state index in [4.69, 9.17) is 9.47 Å². The van der Waals surface area contributed by atoms with Crippen molar-refractivity contribution in [1.29, 1.82) is 0 Å². The number of carbonyl (C=O) groups is 4. The molecule has 1 saturated heterocycles. The van der Waals surface area contributed by atoms with Gasteiger partial charge in [0.15, 0.2) is 5.78 Å². The third-order valence-corrected chi connectivity index (χ3v) is 5.44. The van der Waals surface area contributed by atoms with Gasteiger partial charge in [-0.15, -0.1) is 0 Å². The standard InChI is InChI=1S/C25H30N2O6/c1-17(28)32-16-19(14-18-8-6-5-7-9-18)27-22(30)21(26-23(31)33-24(2,3)4)15-25(27)12-10-20(29)11-13-25/h5-13,19,21H,14-16H2,1-4H3,(H,26,31)/t19-,21-/m0/s1. The molecule has 0 aromatic heterocycles. The summed E-state index contributed by atoms with van der Waals surface area (Å²) in [6, 6.07) is 8.17. The molecule has 8 heteroatoms. The van der Waals surface area contributed by atoms with Gasteiger partial charge in [0.1, 0.15) is 18.2 Å². The van der Waals surface area contributed by atoms with E-state index in [1.54, 1.807) is 37.8 Å². The first-order chi connectivity index (χ1) is 15.5. The van der Waals surface area contributed by atoms with E-state index in [0.717, 1.165) is 5.56 Å². The van der Waals surface area contributed by atoms with E-state index in [0.29, 0.717) is 6.42 Å². The smallest absolute Gasteiger partial charge is 0.408 e. The molecule has 1 aromatic carbocycles. The van der Waals surface area contributed by atoms with Crippen molar-refractivity contribution in [3.8, 4) is 0 Å². The van der Waals surface area contributed by atoms with Crippen LogP contribution in [0.3, 0.4) is 0 Å². The van der Waals surface area contributed by atoms with Crippen molar-refractivity contribution < 1.29 is 28.7 Å². The highest BCUT2D eigenvalue weighted by Gasteiger charge is 2.52. The summed E-state index contributed by atoms with van der Waals surface area (Å²) in [6.07, 6.45) is 6.14. The highest BCUT2D eigenvalue weighted by Crippen LogP contribution is 2.38. The quantitative estimate of drug-likeness (QED) is 0.663. The van der Waals surface area contributed by atoms with E-state index in [1.807, 2.05) is 30.3 Å². The van der Waals surface area contributed by atoms with Crippen molar-refractivity contribution in [2.24, 2.45) is 0 Å². The lowest BCUT2D eigenvalue weighted by Gasteiger charge is -2.40. The Hall–Kier alpha value is -3.42. The number of hydrogen-bond donors (Lipinski definition) is 1. The van der Waals surface area contributed by atoms with E-state index in [1.165, 1.54) is 19.1 Å². The molecule has 1 aliphatic carbocycles. The molecule has 1 aromatic rings. The minimum atomic E-state index is -0.940. The fourth-order valence-corrected chi connectivity index (χ4v) is 4.15. The number of ether oxygens (including phenoxy) is 2. The Bertz CT molecular complexity index is 960. The second-order valence-corrected chi connectivity index (χ2v) is 9.32. The van der Waals surface area contributed by atoms with Gasteiger partial charge in [0.05, 0.1) is 11.6 Å². The summed E-state index contributed by atoms with van der Waals surface area (Å²) >= 11 is 0. The van der Waals surface area contributed by atoms with Crippen LogP contribution in [-0.4, -0.2) is 58.5 Å². The molecule has 176 valence electrons. The molecule has 1 fully saturated rings. The number of benzene rings is 1. The van der Waals surface area contributed by atoms with Gasteiger partial charge >= 0.3 is 12.1 Å². The van der Waals surface area contributed by atoms with Crippen LogP contribution in [-0.2, 0) is 30.3 Å². The van der Waals surface area contributed by atoms with Gasteiger partial charge in [-0.3, -0.25) is 14.4 Å². The van der Waals surface area contributed by atoms with E-state index in [9.17, 15) is 19.2 Å². The second kappa shape index (κ2) is 9.60. The van der Waals surface area contributed by atoms with Crippen LogP contribution in [0.25, 0.3) is 0 Å². The van der Waals surface area contributed by atoms with Crippen LogP contribution >= 0.6 is 0 Å². The number of carbonyl (C=O) groups excluding carboxylic acids is 4. The average Bonchev–Trinajstić information content (AvgIpc) is 2.98. The van der Waals surface area contributed by atoms with Crippen LogP contribution in [0, 0.1) is 0 Å². The molecule has 1 aliphatic heterocycles. The second-order valence-electron chi connectivity index (χ2n) is 9.32. The summed E-state index contributed by atoms with van der Waals surface area (Å²) in [7, 11) is 0. The van der Waals surface area contributed by atoms with E-state index in [-0.39, 0.29) is 24.7 Å². The van der Waals surface area contributed by atoms with Crippen LogP contribution in [0.1, 0.15) is 39.7 Å². The van der Waals surface area contributed by atoms with Crippen molar-refractivity contribution in [2.75, 3.05) is 6.61 Å². The maximum atomic E-state index is 13.6. The lowest BCUT2D eigenvalue weighted by Crippen LogP contribution is -2.53. The van der Waals surface area contributed by atoms with Crippen LogP contribution in [0.5, 0.6) is 0 Å². The van der Waals surface area contributed by atoms with Crippen molar-refractivity contribution in [3.63, 3.8) is 0 Å². The Morgan fingerprint density at radius 3 is 2.36 bits per heavy atom. The summed E-state index contributed by atoms with van der Waals surface area (Å²) in [4.78, 5) is 51.0. The summed E-state index contributed by atoms with van der Waals surface area (Å²) < 4.78 is 10.6. The summed E-state index contributed by atoms with van der Waals surface area (Å²) in [5.74, 6) is -0.976. The first kappa shape index (κ1) is 24.2. The fraction of sp³-hybridized carbons (Fsp3) is 0.440. The monoisotopic (exact) mass is 454 g/mol. The molecule has 3 rings (SSSR count). The molecule has 1 heterocycles. The van der Waals surface area contributed by atoms with Gasteiger partial charge < -0.3 is 19.7 Å². The lowest BCUT2D eigenvalue weighted by molar-refractivity contribution is -0.146. The van der Waals surface area contributed by atoms with Gasteiger partial charge in [-0.05, 0) is 44.9 Å². The highest BCUT2D eigenvalue weighted by atomic mass is 16.6. The molecule has 2 atom stereocenters. The van der Waals surface area contributed by atoms with Gasteiger partial charge in [-0.1, -0.05) is 42.5 Å². The van der Waals surface area contributed by atoms with Crippen LogP contribution in [0.15, 0.2) is 54.6 Å². The van der Waals surface area contributed by atoms with Crippen molar-refractivity contribution in [1.82, 2.24) is 10.2 Å². The summed E-state index contributed by atoms with van der Waals surface area (Å²) in [5, 5.41) is 2.67. The zero-order valence-corrected chi connectivity index (χ0v) is 19.4. The van der Waals surface area contributed by atoms with Crippen LogP contribution in [0.4, 0.5) is 4.79 Å². The predicted octanol–water partition coefficient (Wildman–Crippen LogP) is 2.72. The third-order valence-electron chi connectivity index (χ3n) is 5.44. The minimum Gasteiger partial charge on any atom is -0.464 e. The van der Waals surface area contributed by atoms with Crippen molar-refractivity contribution in [3.05, 3.63) is 60.2 Å². The van der Waals surface area contributed by atoms with E-state index >= 15 is 0 Å². The first-order valence-electron chi connectivity index (χ1n) is 10.9. The summed E-state index contributed by atoms with van der Waals surface area (Å²) in [6.45, 7) is 6.51. The van der Waals surface area contributed by atoms with E-state index in [2.05, 4.69) is 5.32 Å². The Balaban J connectivity index is 1.94. The number of ketones is 1. The Kier molecular flexibility index (Phi) is 7.05. The van der Waals surface area contributed by atoms with Crippen LogP contribution in [0.2, 0.25) is 0 Å². The van der Waals surface area contributed by atoms with Crippen molar-refractivity contribution in [2.45, 2.75) is 63.8 Å². The maximum absolute atomic E-state index is 13.6. The number of alkyl carbamates (subject to hydrolysis) is 1. The highest BCUT2D eigenvalue weighted by molar-refractivity contribution is 6.01. The number of allylic oxidation sites excluding steroid dienone is 2. The normalized spacial score (nSPS) is 20.1. The number of nitrogens with one attached hydrogen (secondary N) is 1. The average molecular weight is 455 g/mol. The first-order valence-corrected chi connectivity index (χ1v) is 10.9. The molecule has 1 spiro atoms. The molecule has 1 N–H and O–H groups in total. The van der Waals surface area contributed by atoms with Gasteiger partial charge in [0, 0.05) is 13.3 Å². The largest absolute Gasteiger partial charge is 0.464 e. The molecule has 0 saturated carbocycles. The predicted molar refractivity (Wildman–Crippen MR) is 121 cm³/mol. The molecule has 33 heavy (non-hydrogen) atoms. The maximum Gasteiger partial charge on any atom is 0.408 e. The number of esters is 1. The third kappa shape index (κ3) is 6.09. The minimum absolute atomic E-state index is 0.0213. The van der Waals surface area contributed by atoms with E-state index < -0.39 is 35.3 Å². The number of rotatable bonds is 6. The van der Waals surface area contributed by atoms with Gasteiger partial charge in [-0.25, -0.2) is 4.79 Å². The zero-order valence-electron chi connectivity index (χ0n) is 19.4.